The Morgan fingerprint density at radius 3 is 2.03 bits per heavy atom. The smallest absolute Gasteiger partial charge is 0.194 e. The molecule has 0 amide bonds. The van der Waals surface area contributed by atoms with Crippen molar-refractivity contribution in [2.45, 2.75) is 58.3 Å². The van der Waals surface area contributed by atoms with Crippen LogP contribution >= 0.6 is 0 Å². The van der Waals surface area contributed by atoms with Gasteiger partial charge in [-0.1, -0.05) is 62.6 Å². The predicted molar refractivity (Wildman–Crippen MR) is 141 cm³/mol. The highest BCUT2D eigenvalue weighted by atomic mass is 19.2. The van der Waals surface area contributed by atoms with E-state index in [1.807, 2.05) is 12.1 Å². The van der Waals surface area contributed by atoms with Gasteiger partial charge in [-0.05, 0) is 77.9 Å². The van der Waals surface area contributed by atoms with Gasteiger partial charge in [-0.3, -0.25) is 0 Å². The minimum Gasteiger partial charge on any atom is -0.493 e. The number of aryl methyl sites for hydroxylation is 4. The van der Waals surface area contributed by atoms with Crippen molar-refractivity contribution in [1.82, 2.24) is 0 Å². The van der Waals surface area contributed by atoms with Gasteiger partial charge in [0.1, 0.15) is 17.4 Å². The molecule has 0 fully saturated rings. The summed E-state index contributed by atoms with van der Waals surface area (Å²) in [5.41, 5.74) is 2.22. The minimum absolute atomic E-state index is 0.170. The fourth-order valence-corrected chi connectivity index (χ4v) is 4.58. The number of ether oxygens (including phenoxy) is 1. The largest absolute Gasteiger partial charge is 0.493 e. The lowest BCUT2D eigenvalue weighted by Crippen LogP contribution is -2.00. The van der Waals surface area contributed by atoms with Crippen molar-refractivity contribution in [3.63, 3.8) is 0 Å². The molecule has 200 valence electrons. The van der Waals surface area contributed by atoms with E-state index in [1.54, 1.807) is 30.3 Å². The Morgan fingerprint density at radius 1 is 0.579 bits per heavy atom. The van der Waals surface area contributed by atoms with E-state index in [9.17, 15) is 17.6 Å². The lowest BCUT2D eigenvalue weighted by atomic mass is 9.97. The standard InChI is InChI=1S/C32H31F5O/c1-2-3-4-5-16-38-26-14-13-23(28(33)20-26)9-6-21-8-15-27-25(17-21)12-11-24(31(27)36)10-7-22-18-29(34)32(37)30(35)19-22/h8,11-15,17-20H,2-7,9-10,16H2,1H3. The average Bonchev–Trinajstić information content (AvgIpc) is 2.90. The van der Waals surface area contributed by atoms with Crippen LogP contribution in [0.3, 0.4) is 0 Å². The number of hydrogen-bond donors (Lipinski definition) is 0. The van der Waals surface area contributed by atoms with Gasteiger partial charge in [-0.25, -0.2) is 22.0 Å². The van der Waals surface area contributed by atoms with Crippen LogP contribution in [0, 0.1) is 29.1 Å². The van der Waals surface area contributed by atoms with Crippen molar-refractivity contribution in [2.24, 2.45) is 0 Å². The normalized spacial score (nSPS) is 11.3. The summed E-state index contributed by atoms with van der Waals surface area (Å²) in [6, 6.07) is 15.7. The van der Waals surface area contributed by atoms with Crippen molar-refractivity contribution >= 4 is 10.8 Å². The molecule has 0 radical (unpaired) electrons. The Bertz CT molecular complexity index is 1380. The van der Waals surface area contributed by atoms with Crippen LogP contribution in [0.25, 0.3) is 10.8 Å². The van der Waals surface area contributed by atoms with E-state index in [2.05, 4.69) is 6.92 Å². The van der Waals surface area contributed by atoms with Crippen LogP contribution in [0.1, 0.15) is 54.9 Å². The summed E-state index contributed by atoms with van der Waals surface area (Å²) in [4.78, 5) is 0. The summed E-state index contributed by atoms with van der Waals surface area (Å²) in [6.45, 7) is 2.73. The fraction of sp³-hybridized carbons (Fsp3) is 0.312. The third kappa shape index (κ3) is 6.91. The maximum absolute atomic E-state index is 15.1. The molecule has 0 spiro atoms. The molecule has 0 bridgehead atoms. The van der Waals surface area contributed by atoms with Crippen molar-refractivity contribution in [3.05, 3.63) is 112 Å². The van der Waals surface area contributed by atoms with Gasteiger partial charge in [0.05, 0.1) is 6.61 Å². The van der Waals surface area contributed by atoms with Crippen LogP contribution in [-0.4, -0.2) is 6.61 Å². The molecule has 0 aliphatic heterocycles. The van der Waals surface area contributed by atoms with E-state index >= 15 is 4.39 Å². The maximum atomic E-state index is 15.1. The molecular formula is C32H31F5O. The van der Waals surface area contributed by atoms with Crippen LogP contribution in [-0.2, 0) is 25.7 Å². The monoisotopic (exact) mass is 526 g/mol. The Kier molecular flexibility index (Phi) is 9.38. The number of fused-ring (bicyclic) bond motifs is 1. The second-order valence-electron chi connectivity index (χ2n) is 9.63. The van der Waals surface area contributed by atoms with Crippen molar-refractivity contribution in [3.8, 4) is 5.75 Å². The molecular weight excluding hydrogens is 495 g/mol. The van der Waals surface area contributed by atoms with Gasteiger partial charge < -0.3 is 4.74 Å². The zero-order valence-corrected chi connectivity index (χ0v) is 21.4. The lowest BCUT2D eigenvalue weighted by Gasteiger charge is -2.10. The first kappa shape index (κ1) is 27.6. The predicted octanol–water partition coefficient (Wildman–Crippen LogP) is 9.06. The molecule has 6 heteroatoms. The van der Waals surface area contributed by atoms with Crippen molar-refractivity contribution in [2.75, 3.05) is 6.61 Å². The van der Waals surface area contributed by atoms with Crippen molar-refractivity contribution in [1.29, 1.82) is 0 Å². The third-order valence-electron chi connectivity index (χ3n) is 6.80. The van der Waals surface area contributed by atoms with Crippen LogP contribution < -0.4 is 4.74 Å². The van der Waals surface area contributed by atoms with Gasteiger partial charge in [-0.15, -0.1) is 0 Å². The molecule has 4 aromatic carbocycles. The molecule has 0 saturated heterocycles. The molecule has 38 heavy (non-hydrogen) atoms. The lowest BCUT2D eigenvalue weighted by molar-refractivity contribution is 0.303. The average molecular weight is 527 g/mol. The molecule has 0 aliphatic rings. The molecule has 4 rings (SSSR count). The van der Waals surface area contributed by atoms with Crippen LogP contribution in [0.15, 0.2) is 60.7 Å². The van der Waals surface area contributed by atoms with E-state index in [0.717, 1.165) is 42.3 Å². The van der Waals surface area contributed by atoms with Gasteiger partial charge in [0.25, 0.3) is 0 Å². The molecule has 4 aromatic rings. The van der Waals surface area contributed by atoms with Crippen LogP contribution in [0.5, 0.6) is 5.75 Å². The van der Waals surface area contributed by atoms with E-state index < -0.39 is 23.3 Å². The highest BCUT2D eigenvalue weighted by Crippen LogP contribution is 2.25. The van der Waals surface area contributed by atoms with Gasteiger partial charge in [0, 0.05) is 11.5 Å². The summed E-state index contributed by atoms with van der Waals surface area (Å²) < 4.78 is 75.5. The Hall–Kier alpha value is -3.41. The summed E-state index contributed by atoms with van der Waals surface area (Å²) in [5.74, 6) is -4.18. The highest BCUT2D eigenvalue weighted by Gasteiger charge is 2.13. The number of hydrogen-bond acceptors (Lipinski definition) is 1. The van der Waals surface area contributed by atoms with Gasteiger partial charge in [-0.2, -0.15) is 0 Å². The van der Waals surface area contributed by atoms with Crippen molar-refractivity contribution < 1.29 is 26.7 Å². The topological polar surface area (TPSA) is 9.23 Å². The molecule has 0 saturated carbocycles. The van der Waals surface area contributed by atoms with E-state index in [1.165, 1.54) is 12.5 Å². The Balaban J connectivity index is 1.37. The minimum atomic E-state index is -1.51. The number of halogens is 5. The van der Waals surface area contributed by atoms with E-state index in [-0.39, 0.29) is 24.2 Å². The van der Waals surface area contributed by atoms with Crippen LogP contribution in [0.2, 0.25) is 0 Å². The van der Waals surface area contributed by atoms with Gasteiger partial charge >= 0.3 is 0 Å². The first-order chi connectivity index (χ1) is 18.4. The quantitative estimate of drug-likeness (QED) is 0.102. The summed E-state index contributed by atoms with van der Waals surface area (Å²) in [7, 11) is 0. The zero-order valence-electron chi connectivity index (χ0n) is 21.4. The molecule has 0 aromatic heterocycles. The molecule has 1 nitrogen and oxygen atoms in total. The first-order valence-electron chi connectivity index (χ1n) is 13.1. The second-order valence-corrected chi connectivity index (χ2v) is 9.63. The van der Waals surface area contributed by atoms with E-state index in [4.69, 9.17) is 4.74 Å². The first-order valence-corrected chi connectivity index (χ1v) is 13.1. The number of unbranched alkanes of at least 4 members (excludes halogenated alkanes) is 3. The number of rotatable bonds is 12. The zero-order chi connectivity index (χ0) is 27.1. The van der Waals surface area contributed by atoms with Gasteiger partial charge in [0.15, 0.2) is 17.5 Å². The third-order valence-corrected chi connectivity index (χ3v) is 6.80. The SMILES string of the molecule is CCCCCCOc1ccc(CCc2ccc3c(F)c(CCc4cc(F)c(F)c(F)c4)ccc3c2)c(F)c1. The molecule has 0 atom stereocenters. The maximum Gasteiger partial charge on any atom is 0.194 e. The van der Waals surface area contributed by atoms with Crippen LogP contribution in [0.4, 0.5) is 22.0 Å². The highest BCUT2D eigenvalue weighted by molar-refractivity contribution is 5.84. The summed E-state index contributed by atoms with van der Waals surface area (Å²) in [5, 5.41) is 1.16. The van der Waals surface area contributed by atoms with Gasteiger partial charge in [0.2, 0.25) is 0 Å². The Labute approximate surface area is 220 Å². The van der Waals surface area contributed by atoms with E-state index in [0.29, 0.717) is 41.7 Å². The summed E-state index contributed by atoms with van der Waals surface area (Å²) >= 11 is 0. The number of benzene rings is 4. The fourth-order valence-electron chi connectivity index (χ4n) is 4.58. The second kappa shape index (κ2) is 12.9. The molecule has 0 N–H and O–H groups in total. The molecule has 0 unspecified atom stereocenters. The molecule has 0 aliphatic carbocycles. The Morgan fingerprint density at radius 2 is 1.29 bits per heavy atom. The molecule has 0 heterocycles. The summed E-state index contributed by atoms with van der Waals surface area (Å²) in [6.07, 6.45) is 5.86.